The molecule has 0 atom stereocenters. The van der Waals surface area contributed by atoms with E-state index in [0.717, 1.165) is 0 Å². The van der Waals surface area contributed by atoms with Gasteiger partial charge >= 0.3 is 5.97 Å². The predicted molar refractivity (Wildman–Crippen MR) is 49.6 cm³/mol. The molecular weight excluding hydrogens is 154 g/mol. The van der Waals surface area contributed by atoms with E-state index in [9.17, 15) is 4.79 Å². The number of aliphatic carboxylic acids is 1. The minimum Gasteiger partial charge on any atom is -0.478 e. The number of rotatable bonds is 3. The molecular formula is C9H15NO2. The van der Waals surface area contributed by atoms with Crippen LogP contribution in [0.15, 0.2) is 16.6 Å². The fourth-order valence-corrected chi connectivity index (χ4v) is 0.944. The molecule has 0 saturated carbocycles. The number of allylic oxidation sites excluding steroid dienone is 1. The summed E-state index contributed by atoms with van der Waals surface area (Å²) in [6, 6.07) is 0.138. The largest absolute Gasteiger partial charge is 0.478 e. The van der Waals surface area contributed by atoms with Crippen LogP contribution in [-0.2, 0) is 4.79 Å². The molecule has 0 amide bonds. The first-order valence-corrected chi connectivity index (χ1v) is 3.93. The molecule has 3 heteroatoms. The third kappa shape index (κ3) is 3.32. The van der Waals surface area contributed by atoms with Crippen LogP contribution in [0, 0.1) is 0 Å². The Balaban J connectivity index is 4.66. The van der Waals surface area contributed by atoms with Gasteiger partial charge in [-0.25, -0.2) is 4.79 Å². The van der Waals surface area contributed by atoms with E-state index in [4.69, 9.17) is 5.11 Å². The van der Waals surface area contributed by atoms with Crippen LogP contribution in [-0.4, -0.2) is 22.8 Å². The van der Waals surface area contributed by atoms with Crippen LogP contribution < -0.4 is 0 Å². The van der Waals surface area contributed by atoms with Crippen molar-refractivity contribution in [2.45, 2.75) is 33.7 Å². The van der Waals surface area contributed by atoms with E-state index in [1.807, 2.05) is 13.8 Å². The van der Waals surface area contributed by atoms with Gasteiger partial charge in [-0.15, -0.1) is 0 Å². The molecule has 0 aliphatic carbocycles. The lowest BCUT2D eigenvalue weighted by atomic mass is 10.1. The van der Waals surface area contributed by atoms with Gasteiger partial charge in [-0.1, -0.05) is 6.08 Å². The second kappa shape index (κ2) is 4.70. The van der Waals surface area contributed by atoms with Crippen molar-refractivity contribution in [1.29, 1.82) is 0 Å². The molecule has 0 aromatic heterocycles. The highest BCUT2D eigenvalue weighted by Gasteiger charge is 2.08. The van der Waals surface area contributed by atoms with Gasteiger partial charge in [0.25, 0.3) is 0 Å². The molecule has 0 aliphatic rings. The van der Waals surface area contributed by atoms with Gasteiger partial charge < -0.3 is 5.11 Å². The van der Waals surface area contributed by atoms with Crippen LogP contribution in [0.1, 0.15) is 27.7 Å². The molecule has 0 aromatic carbocycles. The highest BCUT2D eigenvalue weighted by molar-refractivity contribution is 6.18. The summed E-state index contributed by atoms with van der Waals surface area (Å²) in [6.07, 6.45) is 1.56. The lowest BCUT2D eigenvalue weighted by Crippen LogP contribution is -2.10. The minimum absolute atomic E-state index is 0.138. The van der Waals surface area contributed by atoms with Crippen LogP contribution in [0.2, 0.25) is 0 Å². The first-order chi connectivity index (χ1) is 5.49. The van der Waals surface area contributed by atoms with Gasteiger partial charge in [-0.05, 0) is 27.7 Å². The highest BCUT2D eigenvalue weighted by Crippen LogP contribution is 2.00. The third-order valence-electron chi connectivity index (χ3n) is 1.36. The molecule has 3 nitrogen and oxygen atoms in total. The molecule has 0 rings (SSSR count). The van der Waals surface area contributed by atoms with Crippen LogP contribution in [0.5, 0.6) is 0 Å². The molecule has 0 heterocycles. The monoisotopic (exact) mass is 169 g/mol. The summed E-state index contributed by atoms with van der Waals surface area (Å²) in [4.78, 5) is 14.7. The average molecular weight is 169 g/mol. The number of hydrogen-bond acceptors (Lipinski definition) is 2. The van der Waals surface area contributed by atoms with Crippen molar-refractivity contribution in [3.05, 3.63) is 11.6 Å². The van der Waals surface area contributed by atoms with E-state index in [-0.39, 0.29) is 11.6 Å². The van der Waals surface area contributed by atoms with E-state index >= 15 is 0 Å². The summed E-state index contributed by atoms with van der Waals surface area (Å²) >= 11 is 0. The standard InChI is InChI=1S/C9H15NO2/c1-5-8(9(11)12)7(4)10-6(2)3/h5-6H,1-4H3,(H,11,12)/b8-5+,10-7?. The Kier molecular flexibility index (Phi) is 4.26. The molecule has 1 N–H and O–H groups in total. The summed E-state index contributed by atoms with van der Waals surface area (Å²) in [5.41, 5.74) is 0.865. The summed E-state index contributed by atoms with van der Waals surface area (Å²) in [5, 5.41) is 8.71. The summed E-state index contributed by atoms with van der Waals surface area (Å²) in [5.74, 6) is -0.917. The number of aliphatic imine (C=N–C) groups is 1. The van der Waals surface area contributed by atoms with Crippen molar-refractivity contribution >= 4 is 11.7 Å². The van der Waals surface area contributed by atoms with Crippen molar-refractivity contribution < 1.29 is 9.90 Å². The van der Waals surface area contributed by atoms with E-state index in [2.05, 4.69) is 4.99 Å². The van der Waals surface area contributed by atoms with Crippen molar-refractivity contribution in [1.82, 2.24) is 0 Å². The van der Waals surface area contributed by atoms with Gasteiger partial charge in [-0.3, -0.25) is 4.99 Å². The normalized spacial score (nSPS) is 13.8. The maximum absolute atomic E-state index is 10.6. The van der Waals surface area contributed by atoms with Gasteiger partial charge in [0.05, 0.1) is 5.57 Å². The first-order valence-electron chi connectivity index (χ1n) is 3.93. The predicted octanol–water partition coefficient (Wildman–Crippen LogP) is 1.89. The number of carboxylic acids is 1. The third-order valence-corrected chi connectivity index (χ3v) is 1.36. The van der Waals surface area contributed by atoms with E-state index < -0.39 is 5.97 Å². The maximum Gasteiger partial charge on any atom is 0.337 e. The Morgan fingerprint density at radius 3 is 2.25 bits per heavy atom. The van der Waals surface area contributed by atoms with Crippen molar-refractivity contribution in [3.8, 4) is 0 Å². The lowest BCUT2D eigenvalue weighted by Gasteiger charge is -2.02. The van der Waals surface area contributed by atoms with Crippen molar-refractivity contribution in [3.63, 3.8) is 0 Å². The van der Waals surface area contributed by atoms with Crippen LogP contribution >= 0.6 is 0 Å². The molecule has 0 aromatic rings. The average Bonchev–Trinajstić information content (AvgIpc) is 1.85. The number of nitrogens with zero attached hydrogens (tertiary/aromatic N) is 1. The van der Waals surface area contributed by atoms with Gasteiger partial charge in [0, 0.05) is 11.8 Å². The Labute approximate surface area is 72.8 Å². The zero-order valence-corrected chi connectivity index (χ0v) is 7.96. The van der Waals surface area contributed by atoms with Crippen molar-refractivity contribution in [2.75, 3.05) is 0 Å². The molecule has 0 unspecified atom stereocenters. The topological polar surface area (TPSA) is 49.7 Å². The number of carbonyl (C=O) groups is 1. The fourth-order valence-electron chi connectivity index (χ4n) is 0.944. The molecule has 0 fully saturated rings. The van der Waals surface area contributed by atoms with Gasteiger partial charge in [0.15, 0.2) is 0 Å². The summed E-state index contributed by atoms with van der Waals surface area (Å²) in [7, 11) is 0. The number of hydrogen-bond donors (Lipinski definition) is 1. The fraction of sp³-hybridized carbons (Fsp3) is 0.556. The van der Waals surface area contributed by atoms with Crippen LogP contribution in [0.25, 0.3) is 0 Å². The van der Waals surface area contributed by atoms with E-state index in [1.165, 1.54) is 0 Å². The van der Waals surface area contributed by atoms with Gasteiger partial charge in [0.2, 0.25) is 0 Å². The van der Waals surface area contributed by atoms with E-state index in [1.54, 1.807) is 19.9 Å². The SMILES string of the molecule is C/C=C(/C(=O)O)C(C)=NC(C)C. The molecule has 0 spiro atoms. The smallest absolute Gasteiger partial charge is 0.337 e. The zero-order valence-electron chi connectivity index (χ0n) is 7.96. The maximum atomic E-state index is 10.6. The highest BCUT2D eigenvalue weighted by atomic mass is 16.4. The van der Waals surface area contributed by atoms with Crippen LogP contribution in [0.4, 0.5) is 0 Å². The Bertz CT molecular complexity index is 227. The summed E-state index contributed by atoms with van der Waals surface area (Å²) < 4.78 is 0. The molecule has 68 valence electrons. The summed E-state index contributed by atoms with van der Waals surface area (Å²) in [6.45, 7) is 7.24. The van der Waals surface area contributed by atoms with Gasteiger partial charge in [0.1, 0.15) is 0 Å². The quantitative estimate of drug-likeness (QED) is 0.518. The zero-order chi connectivity index (χ0) is 9.72. The Morgan fingerprint density at radius 2 is 2.00 bits per heavy atom. The van der Waals surface area contributed by atoms with Crippen molar-refractivity contribution in [2.24, 2.45) is 4.99 Å². The van der Waals surface area contributed by atoms with Gasteiger partial charge in [-0.2, -0.15) is 0 Å². The molecule has 0 aliphatic heterocycles. The lowest BCUT2D eigenvalue weighted by molar-refractivity contribution is -0.132. The Hall–Kier alpha value is -1.12. The molecule has 0 saturated heterocycles. The Morgan fingerprint density at radius 1 is 1.50 bits per heavy atom. The molecule has 12 heavy (non-hydrogen) atoms. The molecule has 0 bridgehead atoms. The number of carboxylic acid groups (broad SMARTS) is 1. The minimum atomic E-state index is -0.917. The second-order valence-corrected chi connectivity index (χ2v) is 2.82. The van der Waals surface area contributed by atoms with Crippen LogP contribution in [0.3, 0.4) is 0 Å². The molecule has 0 radical (unpaired) electrons. The second-order valence-electron chi connectivity index (χ2n) is 2.82. The first kappa shape index (κ1) is 10.9. The van der Waals surface area contributed by atoms with E-state index in [0.29, 0.717) is 5.71 Å².